The number of benzene rings is 1. The summed E-state index contributed by atoms with van der Waals surface area (Å²) in [6, 6.07) is 4.66. The second-order valence-corrected chi connectivity index (χ2v) is 2.48. The summed E-state index contributed by atoms with van der Waals surface area (Å²) in [5.41, 5.74) is 3.43. The van der Waals surface area contributed by atoms with Gasteiger partial charge in [0.1, 0.15) is 5.69 Å². The second kappa shape index (κ2) is 4.54. The van der Waals surface area contributed by atoms with Gasteiger partial charge in [0.25, 0.3) is 0 Å². The van der Waals surface area contributed by atoms with E-state index < -0.39 is 0 Å². The van der Waals surface area contributed by atoms with E-state index in [1.807, 2.05) is 5.48 Å². The highest BCUT2D eigenvalue weighted by Crippen LogP contribution is 2.23. The van der Waals surface area contributed by atoms with Crippen molar-refractivity contribution in [3.8, 4) is 0 Å². The third-order valence-electron chi connectivity index (χ3n) is 1.61. The van der Waals surface area contributed by atoms with Crippen LogP contribution in [-0.4, -0.2) is 12.3 Å². The van der Waals surface area contributed by atoms with Gasteiger partial charge in [-0.25, -0.2) is 0 Å². The quantitative estimate of drug-likeness (QED) is 0.552. The van der Waals surface area contributed by atoms with Crippen molar-refractivity contribution < 1.29 is 9.94 Å². The van der Waals surface area contributed by atoms with Crippen molar-refractivity contribution in [1.82, 2.24) is 0 Å². The highest BCUT2D eigenvalue weighted by Gasteiger charge is 2.03. The van der Waals surface area contributed by atoms with E-state index in [1.165, 1.54) is 13.2 Å². The lowest BCUT2D eigenvalue weighted by Crippen LogP contribution is -1.93. The van der Waals surface area contributed by atoms with Gasteiger partial charge in [-0.1, -0.05) is 0 Å². The van der Waals surface area contributed by atoms with Crippen LogP contribution in [0.15, 0.2) is 23.4 Å². The van der Waals surface area contributed by atoms with Crippen LogP contribution >= 0.6 is 0 Å². The van der Waals surface area contributed by atoms with Crippen LogP contribution in [0.1, 0.15) is 5.56 Å². The van der Waals surface area contributed by atoms with Gasteiger partial charge in [-0.2, -0.15) is 0 Å². The molecule has 2 N–H and O–H groups in total. The summed E-state index contributed by atoms with van der Waals surface area (Å²) < 4.78 is 4.86. The number of hydrogen-bond acceptors (Lipinski definition) is 5. The number of nitroso groups, excluding NO2 is 1. The van der Waals surface area contributed by atoms with Crippen molar-refractivity contribution in [3.05, 3.63) is 28.7 Å². The Kier molecular flexibility index (Phi) is 3.36. The first-order chi connectivity index (χ1) is 6.31. The van der Waals surface area contributed by atoms with Gasteiger partial charge in [0.2, 0.25) is 0 Å². The summed E-state index contributed by atoms with van der Waals surface area (Å²) in [4.78, 5) is 10.3. The minimum Gasteiger partial charge on any atom is -0.380 e. The van der Waals surface area contributed by atoms with Crippen molar-refractivity contribution in [2.45, 2.75) is 6.61 Å². The van der Waals surface area contributed by atoms with Crippen LogP contribution in [0.25, 0.3) is 0 Å². The summed E-state index contributed by atoms with van der Waals surface area (Å²) in [7, 11) is 1.52. The van der Waals surface area contributed by atoms with Crippen LogP contribution < -0.4 is 5.48 Å². The molecular weight excluding hydrogens is 172 g/mol. The molecule has 0 saturated carbocycles. The molecule has 0 spiro atoms. The highest BCUT2D eigenvalue weighted by atomic mass is 16.5. The second-order valence-electron chi connectivity index (χ2n) is 2.48. The molecule has 0 aliphatic heterocycles. The molecule has 1 aromatic carbocycles. The van der Waals surface area contributed by atoms with Crippen molar-refractivity contribution in [3.63, 3.8) is 0 Å². The number of hydrogen-bond donors (Lipinski definition) is 2. The van der Waals surface area contributed by atoms with Crippen LogP contribution in [-0.2, 0) is 11.3 Å². The minimum atomic E-state index is 0.288. The molecule has 1 rings (SSSR count). The molecule has 0 aliphatic rings. The Morgan fingerprint density at radius 1 is 1.62 bits per heavy atom. The molecule has 0 bridgehead atoms. The number of anilines is 1. The molecule has 13 heavy (non-hydrogen) atoms. The number of nitrogens with one attached hydrogen (secondary N) is 1. The molecule has 0 amide bonds. The zero-order valence-corrected chi connectivity index (χ0v) is 7.15. The first-order valence-corrected chi connectivity index (χ1v) is 3.67. The zero-order valence-electron chi connectivity index (χ0n) is 7.15. The van der Waals surface area contributed by atoms with Crippen LogP contribution in [0.4, 0.5) is 11.4 Å². The Labute approximate surface area is 75.3 Å². The van der Waals surface area contributed by atoms with Gasteiger partial charge in [0, 0.05) is 12.7 Å². The van der Waals surface area contributed by atoms with Gasteiger partial charge >= 0.3 is 0 Å². The smallest absolute Gasteiger partial charge is 0.113 e. The third-order valence-corrected chi connectivity index (χ3v) is 1.61. The van der Waals surface area contributed by atoms with E-state index in [2.05, 4.69) is 5.18 Å². The van der Waals surface area contributed by atoms with Crippen molar-refractivity contribution in [2.75, 3.05) is 12.6 Å². The molecule has 0 radical (unpaired) electrons. The molecule has 0 heterocycles. The summed E-state index contributed by atoms with van der Waals surface area (Å²) >= 11 is 0. The van der Waals surface area contributed by atoms with Crippen LogP contribution in [0.3, 0.4) is 0 Å². The average molecular weight is 182 g/mol. The number of nitrogens with zero attached hydrogens (tertiary/aromatic N) is 1. The fraction of sp³-hybridized carbons (Fsp3) is 0.250. The fourth-order valence-corrected chi connectivity index (χ4v) is 1.02. The Balaban J connectivity index is 3.02. The lowest BCUT2D eigenvalue weighted by molar-refractivity contribution is 0.185. The lowest BCUT2D eigenvalue weighted by atomic mass is 10.2. The summed E-state index contributed by atoms with van der Waals surface area (Å²) in [6.07, 6.45) is 0. The van der Waals surface area contributed by atoms with E-state index in [4.69, 9.17) is 9.94 Å². The predicted octanol–water partition coefficient (Wildman–Crippen LogP) is 2.03. The summed E-state index contributed by atoms with van der Waals surface area (Å²) in [5.74, 6) is 0. The Bertz CT molecular complexity index is 301. The van der Waals surface area contributed by atoms with Crippen molar-refractivity contribution >= 4 is 11.4 Å². The summed E-state index contributed by atoms with van der Waals surface area (Å²) in [5, 5.41) is 11.4. The van der Waals surface area contributed by atoms with E-state index >= 15 is 0 Å². The first-order valence-electron chi connectivity index (χ1n) is 3.67. The zero-order chi connectivity index (χ0) is 9.68. The SMILES string of the molecule is COCc1cc(NO)ccc1N=O. The van der Waals surface area contributed by atoms with Gasteiger partial charge in [-0.3, -0.25) is 10.7 Å². The monoisotopic (exact) mass is 182 g/mol. The Hall–Kier alpha value is -1.46. The molecule has 0 fully saturated rings. The Morgan fingerprint density at radius 2 is 2.38 bits per heavy atom. The number of ether oxygens (including phenoxy) is 1. The van der Waals surface area contributed by atoms with Gasteiger partial charge in [0.15, 0.2) is 0 Å². The summed E-state index contributed by atoms with van der Waals surface area (Å²) in [6.45, 7) is 0.288. The fourth-order valence-electron chi connectivity index (χ4n) is 1.02. The van der Waals surface area contributed by atoms with E-state index in [0.29, 0.717) is 16.9 Å². The standard InChI is InChI=1S/C8H10N2O3/c1-13-5-6-4-7(9-11)2-3-8(6)10-12/h2-4,9,11H,5H2,1H3. The van der Waals surface area contributed by atoms with Gasteiger partial charge in [-0.15, -0.1) is 4.91 Å². The number of methoxy groups -OCH3 is 1. The van der Waals surface area contributed by atoms with Crippen LogP contribution in [0, 0.1) is 4.91 Å². The van der Waals surface area contributed by atoms with Gasteiger partial charge in [-0.05, 0) is 23.4 Å². The third kappa shape index (κ3) is 2.24. The van der Waals surface area contributed by atoms with Crippen molar-refractivity contribution in [1.29, 1.82) is 0 Å². The molecule has 0 atom stereocenters. The van der Waals surface area contributed by atoms with Gasteiger partial charge < -0.3 is 4.74 Å². The maximum absolute atomic E-state index is 10.3. The predicted molar refractivity (Wildman–Crippen MR) is 48.0 cm³/mol. The molecule has 0 unspecified atom stereocenters. The molecule has 0 aliphatic carbocycles. The van der Waals surface area contributed by atoms with Gasteiger partial charge in [0.05, 0.1) is 12.3 Å². The first kappa shape index (κ1) is 9.63. The van der Waals surface area contributed by atoms with E-state index in [-0.39, 0.29) is 6.61 Å². The molecular formula is C8H10N2O3. The molecule has 70 valence electrons. The topological polar surface area (TPSA) is 70.9 Å². The van der Waals surface area contributed by atoms with E-state index in [9.17, 15) is 4.91 Å². The molecule has 0 saturated heterocycles. The highest BCUT2D eigenvalue weighted by molar-refractivity contribution is 5.55. The molecule has 5 nitrogen and oxygen atoms in total. The number of rotatable bonds is 4. The average Bonchev–Trinajstić information content (AvgIpc) is 2.18. The molecule has 1 aromatic rings. The van der Waals surface area contributed by atoms with Crippen molar-refractivity contribution in [2.24, 2.45) is 5.18 Å². The van der Waals surface area contributed by atoms with Crippen LogP contribution in [0.5, 0.6) is 0 Å². The maximum Gasteiger partial charge on any atom is 0.113 e. The minimum absolute atomic E-state index is 0.288. The Morgan fingerprint density at radius 3 is 2.92 bits per heavy atom. The molecule has 5 heteroatoms. The largest absolute Gasteiger partial charge is 0.380 e. The van der Waals surface area contributed by atoms with E-state index in [1.54, 1.807) is 12.1 Å². The van der Waals surface area contributed by atoms with Crippen LogP contribution in [0.2, 0.25) is 0 Å². The lowest BCUT2D eigenvalue weighted by Gasteiger charge is -2.04. The molecule has 0 aromatic heterocycles. The normalized spacial score (nSPS) is 9.69. The maximum atomic E-state index is 10.3. The van der Waals surface area contributed by atoms with E-state index in [0.717, 1.165) is 0 Å².